The minimum absolute atomic E-state index is 0.0106. The zero-order chi connectivity index (χ0) is 17.8. The van der Waals surface area contributed by atoms with Gasteiger partial charge in [0.2, 0.25) is 5.91 Å². The van der Waals surface area contributed by atoms with Gasteiger partial charge in [-0.25, -0.2) is 9.37 Å². The van der Waals surface area contributed by atoms with Crippen LogP contribution in [0.25, 0.3) is 11.3 Å². The number of hydrogen-bond donors (Lipinski definition) is 2. The van der Waals surface area contributed by atoms with Crippen molar-refractivity contribution in [2.75, 3.05) is 6.54 Å². The molecule has 6 nitrogen and oxygen atoms in total. The average Bonchev–Trinajstić information content (AvgIpc) is 3.09. The number of nitrogens with one attached hydrogen (secondary N) is 1. The minimum Gasteiger partial charge on any atom is -0.481 e. The Morgan fingerprint density at radius 2 is 2.16 bits per heavy atom. The molecule has 25 heavy (non-hydrogen) atoms. The second-order valence-electron chi connectivity index (χ2n) is 6.18. The van der Waals surface area contributed by atoms with Gasteiger partial charge in [0.1, 0.15) is 11.6 Å². The van der Waals surface area contributed by atoms with E-state index >= 15 is 0 Å². The van der Waals surface area contributed by atoms with Gasteiger partial charge in [0, 0.05) is 18.5 Å². The summed E-state index contributed by atoms with van der Waals surface area (Å²) >= 11 is 0. The van der Waals surface area contributed by atoms with Crippen LogP contribution in [-0.2, 0) is 9.59 Å². The Hall–Kier alpha value is -2.70. The van der Waals surface area contributed by atoms with E-state index in [0.29, 0.717) is 23.6 Å². The second kappa shape index (κ2) is 7.46. The number of H-pyrrole nitrogens is 1. The lowest BCUT2D eigenvalue weighted by molar-refractivity contribution is -0.142. The number of halogens is 1. The summed E-state index contributed by atoms with van der Waals surface area (Å²) in [4.78, 5) is 32.4. The third-order valence-corrected chi connectivity index (χ3v) is 4.42. The van der Waals surface area contributed by atoms with E-state index in [1.807, 2.05) is 0 Å². The van der Waals surface area contributed by atoms with Gasteiger partial charge in [-0.15, -0.1) is 0 Å². The molecule has 1 aliphatic rings. The Bertz CT molecular complexity index is 774. The molecule has 1 fully saturated rings. The van der Waals surface area contributed by atoms with Gasteiger partial charge in [0.25, 0.3) is 0 Å². The molecule has 3 rings (SSSR count). The predicted molar refractivity (Wildman–Crippen MR) is 89.2 cm³/mol. The first-order chi connectivity index (χ1) is 12.0. The average molecular weight is 345 g/mol. The topological polar surface area (TPSA) is 86.3 Å². The summed E-state index contributed by atoms with van der Waals surface area (Å²) in [6.07, 6.45) is 4.10. The van der Waals surface area contributed by atoms with Crippen LogP contribution >= 0.6 is 0 Å². The summed E-state index contributed by atoms with van der Waals surface area (Å²) in [5, 5.41) is 8.78. The highest BCUT2D eigenvalue weighted by Gasteiger charge is 2.30. The van der Waals surface area contributed by atoms with Crippen molar-refractivity contribution in [2.45, 2.75) is 38.1 Å². The molecular weight excluding hydrogens is 325 g/mol. The SMILES string of the molecule is O=C(O)CCC(=O)N1CCCCC1c1ncc(-c2cccc(F)c2)[nH]1. The first-order valence-corrected chi connectivity index (χ1v) is 8.36. The number of benzene rings is 1. The Morgan fingerprint density at radius 3 is 2.92 bits per heavy atom. The molecule has 7 heteroatoms. The van der Waals surface area contributed by atoms with Gasteiger partial charge in [0.05, 0.1) is 24.4 Å². The zero-order valence-corrected chi connectivity index (χ0v) is 13.7. The number of aromatic amines is 1. The summed E-state index contributed by atoms with van der Waals surface area (Å²) in [5.74, 6) is -0.816. The van der Waals surface area contributed by atoms with Crippen LogP contribution in [0.3, 0.4) is 0 Å². The van der Waals surface area contributed by atoms with Crippen molar-refractivity contribution in [2.24, 2.45) is 0 Å². The van der Waals surface area contributed by atoms with E-state index in [9.17, 15) is 14.0 Å². The third-order valence-electron chi connectivity index (χ3n) is 4.42. The number of carboxylic acid groups (broad SMARTS) is 1. The monoisotopic (exact) mass is 345 g/mol. The fourth-order valence-electron chi connectivity index (χ4n) is 3.18. The lowest BCUT2D eigenvalue weighted by atomic mass is 10.0. The first-order valence-electron chi connectivity index (χ1n) is 8.36. The van der Waals surface area contributed by atoms with Gasteiger partial charge in [-0.1, -0.05) is 12.1 Å². The molecule has 0 aliphatic carbocycles. The molecule has 2 heterocycles. The lowest BCUT2D eigenvalue weighted by Gasteiger charge is -2.34. The largest absolute Gasteiger partial charge is 0.481 e. The lowest BCUT2D eigenvalue weighted by Crippen LogP contribution is -2.39. The molecule has 2 N–H and O–H groups in total. The van der Waals surface area contributed by atoms with Gasteiger partial charge in [-0.2, -0.15) is 0 Å². The molecule has 1 aromatic carbocycles. The second-order valence-corrected chi connectivity index (χ2v) is 6.18. The normalized spacial score (nSPS) is 17.5. The molecule has 0 saturated carbocycles. The number of amides is 1. The first kappa shape index (κ1) is 17.1. The van der Waals surface area contributed by atoms with E-state index < -0.39 is 5.97 Å². The molecule has 132 valence electrons. The number of carbonyl (C=O) groups is 2. The smallest absolute Gasteiger partial charge is 0.303 e. The van der Waals surface area contributed by atoms with Crippen molar-refractivity contribution in [3.8, 4) is 11.3 Å². The van der Waals surface area contributed by atoms with E-state index in [2.05, 4.69) is 9.97 Å². The van der Waals surface area contributed by atoms with Crippen molar-refractivity contribution in [3.63, 3.8) is 0 Å². The van der Waals surface area contributed by atoms with Gasteiger partial charge in [-0.3, -0.25) is 9.59 Å². The highest BCUT2D eigenvalue weighted by molar-refractivity contribution is 5.81. The molecule has 1 unspecified atom stereocenters. The predicted octanol–water partition coefficient (Wildman–Crippen LogP) is 3.13. The van der Waals surface area contributed by atoms with E-state index in [1.165, 1.54) is 12.1 Å². The fourth-order valence-corrected chi connectivity index (χ4v) is 3.18. The van der Waals surface area contributed by atoms with Crippen LogP contribution in [0.5, 0.6) is 0 Å². The molecule has 1 atom stereocenters. The number of piperidine rings is 1. The molecule has 1 aromatic heterocycles. The summed E-state index contributed by atoms with van der Waals surface area (Å²) < 4.78 is 13.4. The van der Waals surface area contributed by atoms with Gasteiger partial charge in [0.15, 0.2) is 0 Å². The molecule has 1 saturated heterocycles. The number of rotatable bonds is 5. The van der Waals surface area contributed by atoms with Gasteiger partial charge in [-0.05, 0) is 31.4 Å². The van der Waals surface area contributed by atoms with Crippen LogP contribution in [0.1, 0.15) is 44.0 Å². The summed E-state index contributed by atoms with van der Waals surface area (Å²) in [7, 11) is 0. The highest BCUT2D eigenvalue weighted by atomic mass is 19.1. The molecule has 1 aliphatic heterocycles. The number of nitrogens with zero attached hydrogens (tertiary/aromatic N) is 2. The third kappa shape index (κ3) is 4.04. The summed E-state index contributed by atoms with van der Waals surface area (Å²) in [5.41, 5.74) is 1.39. The Balaban J connectivity index is 1.79. The molecule has 0 radical (unpaired) electrons. The number of aromatic nitrogens is 2. The Kier molecular flexibility index (Phi) is 5.11. The van der Waals surface area contributed by atoms with Crippen molar-refractivity contribution >= 4 is 11.9 Å². The van der Waals surface area contributed by atoms with E-state index in [0.717, 1.165) is 19.3 Å². The maximum atomic E-state index is 13.4. The van der Waals surface area contributed by atoms with Crippen LogP contribution in [0.15, 0.2) is 30.5 Å². The summed E-state index contributed by atoms with van der Waals surface area (Å²) in [6.45, 7) is 0.596. The standard InChI is InChI=1S/C18H20FN3O3/c19-13-5-3-4-12(10-13)14-11-20-18(21-14)15-6-1-2-9-22(15)16(23)7-8-17(24)25/h3-5,10-11,15H,1-2,6-9H2,(H,20,21)(H,24,25). The number of carbonyl (C=O) groups excluding carboxylic acids is 1. The van der Waals surface area contributed by atoms with Crippen molar-refractivity contribution in [1.29, 1.82) is 0 Å². The molecule has 0 bridgehead atoms. The van der Waals surface area contributed by atoms with Crippen molar-refractivity contribution < 1.29 is 19.1 Å². The number of imidazole rings is 1. The number of hydrogen-bond acceptors (Lipinski definition) is 3. The van der Waals surface area contributed by atoms with Crippen LogP contribution in [0, 0.1) is 5.82 Å². The number of carboxylic acids is 1. The highest BCUT2D eigenvalue weighted by Crippen LogP contribution is 2.31. The van der Waals surface area contributed by atoms with Crippen LogP contribution in [0.4, 0.5) is 4.39 Å². The molecule has 2 aromatic rings. The number of aliphatic carboxylic acids is 1. The Labute approximate surface area is 144 Å². The van der Waals surface area contributed by atoms with Crippen LogP contribution < -0.4 is 0 Å². The van der Waals surface area contributed by atoms with Crippen molar-refractivity contribution in [3.05, 3.63) is 42.1 Å². The molecule has 1 amide bonds. The van der Waals surface area contributed by atoms with Gasteiger partial charge >= 0.3 is 5.97 Å². The maximum Gasteiger partial charge on any atom is 0.303 e. The quantitative estimate of drug-likeness (QED) is 0.872. The van der Waals surface area contributed by atoms with Crippen molar-refractivity contribution in [1.82, 2.24) is 14.9 Å². The van der Waals surface area contributed by atoms with Crippen LogP contribution in [-0.4, -0.2) is 38.4 Å². The molecular formula is C18H20FN3O3. The molecule has 0 spiro atoms. The zero-order valence-electron chi connectivity index (χ0n) is 13.7. The van der Waals surface area contributed by atoms with Gasteiger partial charge < -0.3 is 15.0 Å². The number of likely N-dealkylation sites (tertiary alicyclic amines) is 1. The Morgan fingerprint density at radius 1 is 1.32 bits per heavy atom. The summed E-state index contributed by atoms with van der Waals surface area (Å²) in [6, 6.07) is 6.03. The van der Waals surface area contributed by atoms with E-state index in [1.54, 1.807) is 23.2 Å². The maximum absolute atomic E-state index is 13.4. The fraction of sp³-hybridized carbons (Fsp3) is 0.389. The van der Waals surface area contributed by atoms with E-state index in [4.69, 9.17) is 5.11 Å². The van der Waals surface area contributed by atoms with E-state index in [-0.39, 0.29) is 30.6 Å². The minimum atomic E-state index is -0.978. The van der Waals surface area contributed by atoms with Crippen LogP contribution in [0.2, 0.25) is 0 Å².